The fraction of sp³-hybridized carbons (Fsp3) is 0.517. The standard InChI is InChI=1S/C24H25Cl2FN2O2.C5H10O2/c25-17-8-18(26)10-19(9-17)31-20-13-28(14-20)12-16-7-23(27)22(11-21(16)15-3-4-15)24(30)29-5-1-2-6-29;1-5(2,3)7-4-6/h7-11,15,20H,1-6,12-14H2;4H,1-3H3. The molecular weight excluding hydrogens is 530 g/mol. The van der Waals surface area contributed by atoms with E-state index in [2.05, 4.69) is 9.64 Å². The van der Waals surface area contributed by atoms with E-state index in [1.807, 2.05) is 26.8 Å². The Balaban J connectivity index is 0.000000426. The van der Waals surface area contributed by atoms with Crippen LogP contribution in [0.2, 0.25) is 10.0 Å². The number of likely N-dealkylation sites (tertiary alicyclic amines) is 2. The average Bonchev–Trinajstić information content (AvgIpc) is 3.49. The Morgan fingerprint density at radius 1 is 1.05 bits per heavy atom. The first-order valence-corrected chi connectivity index (χ1v) is 13.9. The van der Waals surface area contributed by atoms with Gasteiger partial charge in [-0.05, 0) is 93.8 Å². The number of rotatable bonds is 7. The SMILES string of the molecule is CC(C)(C)OC=O.O=C(c1cc(C2CC2)c(CN2CC(Oc3cc(Cl)cc(Cl)c3)C2)cc1F)N1CCCC1. The lowest BCUT2D eigenvalue weighted by Gasteiger charge is -2.39. The van der Waals surface area contributed by atoms with Crippen LogP contribution in [0.5, 0.6) is 5.75 Å². The molecule has 9 heteroatoms. The molecule has 0 unspecified atom stereocenters. The maximum atomic E-state index is 14.9. The molecule has 38 heavy (non-hydrogen) atoms. The van der Waals surface area contributed by atoms with Crippen LogP contribution < -0.4 is 4.74 Å². The van der Waals surface area contributed by atoms with Gasteiger partial charge in [0.25, 0.3) is 12.4 Å². The van der Waals surface area contributed by atoms with Gasteiger partial charge in [-0.1, -0.05) is 23.2 Å². The summed E-state index contributed by atoms with van der Waals surface area (Å²) in [7, 11) is 0. The summed E-state index contributed by atoms with van der Waals surface area (Å²) >= 11 is 12.1. The minimum Gasteiger partial charge on any atom is -0.488 e. The van der Waals surface area contributed by atoms with Gasteiger partial charge in [0.05, 0.1) is 5.56 Å². The Morgan fingerprint density at radius 2 is 1.68 bits per heavy atom. The van der Waals surface area contributed by atoms with Crippen molar-refractivity contribution < 1.29 is 23.5 Å². The zero-order valence-electron chi connectivity index (χ0n) is 22.1. The van der Waals surface area contributed by atoms with Crippen LogP contribution in [0.25, 0.3) is 0 Å². The lowest BCUT2D eigenvalue weighted by molar-refractivity contribution is -0.138. The molecule has 5 rings (SSSR count). The highest BCUT2D eigenvalue weighted by Gasteiger charge is 2.33. The van der Waals surface area contributed by atoms with Gasteiger partial charge < -0.3 is 14.4 Å². The third kappa shape index (κ3) is 7.84. The number of carbonyl (C=O) groups is 2. The maximum Gasteiger partial charge on any atom is 0.293 e. The van der Waals surface area contributed by atoms with E-state index in [0.29, 0.717) is 34.7 Å². The first kappa shape index (κ1) is 28.7. The van der Waals surface area contributed by atoms with Crippen molar-refractivity contribution in [3.8, 4) is 5.75 Å². The van der Waals surface area contributed by atoms with Gasteiger partial charge >= 0.3 is 0 Å². The number of nitrogens with zero attached hydrogens (tertiary/aromatic N) is 2. The number of hydrogen-bond acceptors (Lipinski definition) is 5. The van der Waals surface area contributed by atoms with Gasteiger partial charge in [0.1, 0.15) is 23.3 Å². The largest absolute Gasteiger partial charge is 0.488 e. The number of hydrogen-bond donors (Lipinski definition) is 0. The van der Waals surface area contributed by atoms with E-state index in [9.17, 15) is 14.0 Å². The number of halogens is 3. The summed E-state index contributed by atoms with van der Waals surface area (Å²) < 4.78 is 25.4. The fourth-order valence-electron chi connectivity index (χ4n) is 4.70. The summed E-state index contributed by atoms with van der Waals surface area (Å²) in [6.45, 7) is 9.55. The molecule has 0 radical (unpaired) electrons. The molecule has 3 aliphatic rings. The van der Waals surface area contributed by atoms with E-state index in [1.54, 1.807) is 29.2 Å². The molecule has 0 bridgehead atoms. The predicted octanol–water partition coefficient (Wildman–Crippen LogP) is 6.47. The van der Waals surface area contributed by atoms with E-state index in [1.165, 1.54) is 0 Å². The first-order valence-electron chi connectivity index (χ1n) is 13.1. The molecule has 1 amide bonds. The molecule has 2 aromatic rings. The second kappa shape index (κ2) is 12.2. The van der Waals surface area contributed by atoms with Gasteiger partial charge in [-0.3, -0.25) is 14.5 Å². The molecule has 0 atom stereocenters. The van der Waals surface area contributed by atoms with E-state index in [4.69, 9.17) is 27.9 Å². The average molecular weight is 566 g/mol. The lowest BCUT2D eigenvalue weighted by Crippen LogP contribution is -2.53. The van der Waals surface area contributed by atoms with Gasteiger partial charge in [-0.15, -0.1) is 0 Å². The molecule has 2 aromatic carbocycles. The monoisotopic (exact) mass is 564 g/mol. The van der Waals surface area contributed by atoms with Crippen molar-refractivity contribution in [3.63, 3.8) is 0 Å². The van der Waals surface area contributed by atoms with Crippen LogP contribution in [0, 0.1) is 5.82 Å². The molecule has 0 N–H and O–H groups in total. The van der Waals surface area contributed by atoms with Crippen LogP contribution >= 0.6 is 23.2 Å². The zero-order chi connectivity index (χ0) is 27.4. The van der Waals surface area contributed by atoms with Crippen LogP contribution in [0.3, 0.4) is 0 Å². The van der Waals surface area contributed by atoms with E-state index >= 15 is 0 Å². The highest BCUT2D eigenvalue weighted by Crippen LogP contribution is 2.43. The van der Waals surface area contributed by atoms with Gasteiger partial charge in [-0.25, -0.2) is 4.39 Å². The second-order valence-electron chi connectivity index (χ2n) is 11.2. The number of carbonyl (C=O) groups excluding carboxylic acids is 2. The van der Waals surface area contributed by atoms with Crippen LogP contribution in [0.15, 0.2) is 30.3 Å². The molecular formula is C29H35Cl2FN2O4. The van der Waals surface area contributed by atoms with E-state index < -0.39 is 5.82 Å². The summed E-state index contributed by atoms with van der Waals surface area (Å²) in [5.74, 6) is 0.540. The summed E-state index contributed by atoms with van der Waals surface area (Å²) in [4.78, 5) is 26.4. The Bertz CT molecular complexity index is 1130. The fourth-order valence-corrected chi connectivity index (χ4v) is 5.20. The molecule has 3 fully saturated rings. The normalized spacial score (nSPS) is 17.9. The van der Waals surface area contributed by atoms with Crippen LogP contribution in [-0.4, -0.2) is 60.1 Å². The van der Waals surface area contributed by atoms with Crippen LogP contribution in [-0.2, 0) is 16.1 Å². The summed E-state index contributed by atoms with van der Waals surface area (Å²) in [5, 5.41) is 1.10. The topological polar surface area (TPSA) is 59.1 Å². The Kier molecular flexibility index (Phi) is 9.22. The second-order valence-corrected chi connectivity index (χ2v) is 12.0. The predicted molar refractivity (Wildman–Crippen MR) is 147 cm³/mol. The minimum absolute atomic E-state index is 0.0553. The van der Waals surface area contributed by atoms with Crippen LogP contribution in [0.1, 0.15) is 73.9 Å². The molecule has 1 saturated carbocycles. The first-order chi connectivity index (χ1) is 18.0. The van der Waals surface area contributed by atoms with Gasteiger partial charge in [0, 0.05) is 42.8 Å². The Hall–Kier alpha value is -2.35. The molecule has 1 aliphatic carbocycles. The maximum absolute atomic E-state index is 14.9. The third-order valence-corrected chi connectivity index (χ3v) is 7.16. The van der Waals surface area contributed by atoms with Crippen LogP contribution in [0.4, 0.5) is 4.39 Å². The highest BCUT2D eigenvalue weighted by molar-refractivity contribution is 6.34. The summed E-state index contributed by atoms with van der Waals surface area (Å²) in [6.07, 6.45) is 4.27. The van der Waals surface area contributed by atoms with Crippen molar-refractivity contribution in [1.82, 2.24) is 9.80 Å². The Labute approximate surface area is 234 Å². The molecule has 2 saturated heterocycles. The number of amides is 1. The van der Waals surface area contributed by atoms with Crippen molar-refractivity contribution in [3.05, 3.63) is 62.9 Å². The van der Waals surface area contributed by atoms with E-state index in [0.717, 1.165) is 63.0 Å². The van der Waals surface area contributed by atoms with Crippen molar-refractivity contribution >= 4 is 35.6 Å². The molecule has 6 nitrogen and oxygen atoms in total. The van der Waals surface area contributed by atoms with Gasteiger partial charge in [-0.2, -0.15) is 0 Å². The molecule has 2 aliphatic heterocycles. The van der Waals surface area contributed by atoms with Crippen molar-refractivity contribution in [1.29, 1.82) is 0 Å². The quantitative estimate of drug-likeness (QED) is 0.361. The lowest BCUT2D eigenvalue weighted by atomic mass is 9.97. The Morgan fingerprint density at radius 3 is 2.21 bits per heavy atom. The number of ether oxygens (including phenoxy) is 2. The number of benzene rings is 2. The third-order valence-electron chi connectivity index (χ3n) is 6.73. The zero-order valence-corrected chi connectivity index (χ0v) is 23.7. The summed E-state index contributed by atoms with van der Waals surface area (Å²) in [5.41, 5.74) is 2.04. The summed E-state index contributed by atoms with van der Waals surface area (Å²) in [6, 6.07) is 8.60. The molecule has 2 heterocycles. The van der Waals surface area contributed by atoms with Crippen molar-refractivity contribution in [2.75, 3.05) is 26.2 Å². The molecule has 206 valence electrons. The highest BCUT2D eigenvalue weighted by atomic mass is 35.5. The van der Waals surface area contributed by atoms with Crippen molar-refractivity contribution in [2.24, 2.45) is 0 Å². The van der Waals surface area contributed by atoms with Crippen molar-refractivity contribution in [2.45, 2.75) is 70.6 Å². The minimum atomic E-state index is -0.404. The smallest absolute Gasteiger partial charge is 0.293 e. The van der Waals surface area contributed by atoms with Gasteiger partial charge in [0.15, 0.2) is 0 Å². The molecule has 0 spiro atoms. The van der Waals surface area contributed by atoms with Gasteiger partial charge in [0.2, 0.25) is 0 Å². The molecule has 0 aromatic heterocycles. The van der Waals surface area contributed by atoms with E-state index in [-0.39, 0.29) is 23.2 Å².